The Morgan fingerprint density at radius 2 is 1.82 bits per heavy atom. The third-order valence-corrected chi connectivity index (χ3v) is 4.91. The summed E-state index contributed by atoms with van der Waals surface area (Å²) in [4.78, 5) is 26.3. The Balaban J connectivity index is 1.65. The fourth-order valence-electron chi connectivity index (χ4n) is 3.32. The van der Waals surface area contributed by atoms with Crippen LogP contribution in [-0.4, -0.2) is 21.4 Å². The second kappa shape index (κ2) is 7.37. The molecule has 2 heterocycles. The van der Waals surface area contributed by atoms with Gasteiger partial charge in [-0.05, 0) is 29.8 Å². The number of para-hydroxylation sites is 1. The third kappa shape index (κ3) is 3.32. The Morgan fingerprint density at radius 3 is 2.57 bits per heavy atom. The molecule has 1 aliphatic heterocycles. The molecule has 1 fully saturated rings. The maximum atomic E-state index is 12.8. The molecule has 5 nitrogen and oxygen atoms in total. The molecule has 0 aliphatic carbocycles. The number of hydrogen-bond donors (Lipinski definition) is 1. The lowest BCUT2D eigenvalue weighted by molar-refractivity contribution is -0.123. The molecule has 28 heavy (non-hydrogen) atoms. The van der Waals surface area contributed by atoms with Crippen LogP contribution in [0.1, 0.15) is 11.1 Å². The molecule has 0 radical (unpaired) electrons. The predicted molar refractivity (Wildman–Crippen MR) is 111 cm³/mol. The Bertz CT molecular complexity index is 1110. The van der Waals surface area contributed by atoms with Gasteiger partial charge in [0.05, 0.1) is 6.54 Å². The second-order valence-corrected chi connectivity index (χ2v) is 6.98. The van der Waals surface area contributed by atoms with Crippen molar-refractivity contribution in [3.8, 4) is 0 Å². The minimum atomic E-state index is -0.430. The summed E-state index contributed by atoms with van der Waals surface area (Å²) in [6, 6.07) is 14.6. The van der Waals surface area contributed by atoms with Gasteiger partial charge >= 0.3 is 6.03 Å². The predicted octanol–water partition coefficient (Wildman–Crippen LogP) is 4.57. The highest BCUT2D eigenvalue weighted by atomic mass is 35.5. The van der Waals surface area contributed by atoms with E-state index in [-0.39, 0.29) is 18.1 Å². The van der Waals surface area contributed by atoms with Crippen LogP contribution in [0, 0.1) is 0 Å². The standard InChI is InChI=1S/C22H18ClN3O2/c1-2-11-25-14-16(18-5-3-4-6-20(18)25)12-19-21(27)26(22(28)24-19)13-15-7-9-17(23)10-8-15/h2-10,12,14H,1,11,13H2,(H,24,28)/b19-12+. The maximum absolute atomic E-state index is 12.8. The fourth-order valence-corrected chi connectivity index (χ4v) is 3.45. The molecule has 6 heteroatoms. The summed E-state index contributed by atoms with van der Waals surface area (Å²) < 4.78 is 2.06. The van der Waals surface area contributed by atoms with Gasteiger partial charge < -0.3 is 9.88 Å². The number of nitrogens with one attached hydrogen (secondary N) is 1. The molecule has 0 saturated carbocycles. The highest BCUT2D eigenvalue weighted by Crippen LogP contribution is 2.25. The van der Waals surface area contributed by atoms with Gasteiger partial charge in [0.1, 0.15) is 5.70 Å². The number of amides is 3. The number of hydrogen-bond acceptors (Lipinski definition) is 2. The molecule has 2 aromatic carbocycles. The Labute approximate surface area is 167 Å². The van der Waals surface area contributed by atoms with Crippen LogP contribution in [0.4, 0.5) is 4.79 Å². The van der Waals surface area contributed by atoms with E-state index in [1.807, 2.05) is 36.5 Å². The van der Waals surface area contributed by atoms with Crippen molar-refractivity contribution >= 4 is 40.5 Å². The fraction of sp³-hybridized carbons (Fsp3) is 0.0909. The molecule has 1 aliphatic rings. The van der Waals surface area contributed by atoms with Gasteiger partial charge in [-0.3, -0.25) is 9.69 Å². The number of nitrogens with zero attached hydrogens (tertiary/aromatic N) is 2. The zero-order valence-electron chi connectivity index (χ0n) is 15.1. The molecule has 0 unspecified atom stereocenters. The van der Waals surface area contributed by atoms with Crippen LogP contribution in [0.5, 0.6) is 0 Å². The van der Waals surface area contributed by atoms with Crippen LogP contribution in [-0.2, 0) is 17.9 Å². The second-order valence-electron chi connectivity index (χ2n) is 6.55. The van der Waals surface area contributed by atoms with Crippen LogP contribution in [0.25, 0.3) is 17.0 Å². The highest BCUT2D eigenvalue weighted by molar-refractivity contribution is 6.30. The molecule has 0 bridgehead atoms. The number of aromatic nitrogens is 1. The molecule has 3 aromatic rings. The Hall–Kier alpha value is -3.31. The van der Waals surface area contributed by atoms with E-state index in [0.29, 0.717) is 11.6 Å². The number of allylic oxidation sites excluding steroid dienone is 1. The van der Waals surface area contributed by atoms with Gasteiger partial charge in [-0.1, -0.05) is 48.0 Å². The van der Waals surface area contributed by atoms with Crippen molar-refractivity contribution in [2.24, 2.45) is 0 Å². The molecular formula is C22H18ClN3O2. The minimum absolute atomic E-state index is 0.192. The first-order valence-electron chi connectivity index (χ1n) is 8.84. The largest absolute Gasteiger partial charge is 0.343 e. The number of fused-ring (bicyclic) bond motifs is 1. The van der Waals surface area contributed by atoms with E-state index in [1.165, 1.54) is 4.90 Å². The van der Waals surface area contributed by atoms with Crippen molar-refractivity contribution in [1.29, 1.82) is 0 Å². The van der Waals surface area contributed by atoms with Crippen molar-refractivity contribution < 1.29 is 9.59 Å². The normalized spacial score (nSPS) is 15.5. The molecule has 3 amide bonds. The van der Waals surface area contributed by atoms with Crippen molar-refractivity contribution in [2.45, 2.75) is 13.1 Å². The van der Waals surface area contributed by atoms with Gasteiger partial charge in [0, 0.05) is 34.2 Å². The van der Waals surface area contributed by atoms with E-state index in [0.717, 1.165) is 22.0 Å². The summed E-state index contributed by atoms with van der Waals surface area (Å²) in [5, 5.41) is 4.30. The molecule has 0 spiro atoms. The van der Waals surface area contributed by atoms with E-state index in [2.05, 4.69) is 16.5 Å². The topological polar surface area (TPSA) is 54.3 Å². The molecule has 1 N–H and O–H groups in total. The van der Waals surface area contributed by atoms with Gasteiger partial charge in [0.15, 0.2) is 0 Å². The SMILES string of the molecule is C=CCn1cc(/C=C2/NC(=O)N(Cc3ccc(Cl)cc3)C2=O)c2ccccc21. The first kappa shape index (κ1) is 18.1. The number of rotatable bonds is 5. The monoisotopic (exact) mass is 391 g/mol. The van der Waals surface area contributed by atoms with E-state index < -0.39 is 6.03 Å². The molecular weight excluding hydrogens is 374 g/mol. The van der Waals surface area contributed by atoms with Crippen LogP contribution in [0.3, 0.4) is 0 Å². The van der Waals surface area contributed by atoms with Gasteiger partial charge in [0.2, 0.25) is 0 Å². The molecule has 1 aromatic heterocycles. The summed E-state index contributed by atoms with van der Waals surface area (Å²) >= 11 is 5.89. The average molecular weight is 392 g/mol. The van der Waals surface area contributed by atoms with Crippen LogP contribution in [0.15, 0.2) is 73.1 Å². The van der Waals surface area contributed by atoms with Crippen LogP contribution in [0.2, 0.25) is 5.02 Å². The summed E-state index contributed by atoms with van der Waals surface area (Å²) in [7, 11) is 0. The molecule has 0 atom stereocenters. The van der Waals surface area contributed by atoms with Crippen LogP contribution < -0.4 is 5.32 Å². The number of urea groups is 1. The van der Waals surface area contributed by atoms with E-state index in [4.69, 9.17) is 11.6 Å². The summed E-state index contributed by atoms with van der Waals surface area (Å²) in [5.74, 6) is -0.347. The van der Waals surface area contributed by atoms with E-state index in [9.17, 15) is 9.59 Å². The van der Waals surface area contributed by atoms with Crippen molar-refractivity contribution in [3.05, 3.63) is 89.2 Å². The third-order valence-electron chi connectivity index (χ3n) is 4.66. The van der Waals surface area contributed by atoms with Gasteiger partial charge in [-0.25, -0.2) is 4.79 Å². The first-order chi connectivity index (χ1) is 13.6. The zero-order chi connectivity index (χ0) is 19.7. The van der Waals surface area contributed by atoms with Gasteiger partial charge in [-0.2, -0.15) is 0 Å². The van der Waals surface area contributed by atoms with Crippen molar-refractivity contribution in [1.82, 2.24) is 14.8 Å². The number of benzene rings is 2. The quantitative estimate of drug-likeness (QED) is 0.393. The van der Waals surface area contributed by atoms with E-state index in [1.54, 1.807) is 30.3 Å². The molecule has 140 valence electrons. The van der Waals surface area contributed by atoms with Gasteiger partial charge in [0.25, 0.3) is 5.91 Å². The Morgan fingerprint density at radius 1 is 1.07 bits per heavy atom. The number of halogens is 1. The molecule has 4 rings (SSSR count). The Kier molecular flexibility index (Phi) is 4.75. The number of carbonyl (C=O) groups excluding carboxylic acids is 2. The highest BCUT2D eigenvalue weighted by Gasteiger charge is 2.33. The molecule has 1 saturated heterocycles. The lowest BCUT2D eigenvalue weighted by Gasteiger charge is -2.11. The smallest absolute Gasteiger partial charge is 0.329 e. The summed E-state index contributed by atoms with van der Waals surface area (Å²) in [6.07, 6.45) is 5.50. The van der Waals surface area contributed by atoms with Gasteiger partial charge in [-0.15, -0.1) is 6.58 Å². The minimum Gasteiger partial charge on any atom is -0.343 e. The van der Waals surface area contributed by atoms with Crippen LogP contribution >= 0.6 is 11.6 Å². The average Bonchev–Trinajstić information content (AvgIpc) is 3.17. The number of imide groups is 1. The first-order valence-corrected chi connectivity index (χ1v) is 9.22. The zero-order valence-corrected chi connectivity index (χ0v) is 15.8. The maximum Gasteiger partial charge on any atom is 0.329 e. The van der Waals surface area contributed by atoms with Crippen molar-refractivity contribution in [2.75, 3.05) is 0 Å². The summed E-state index contributed by atoms with van der Waals surface area (Å²) in [5.41, 5.74) is 3.01. The van der Waals surface area contributed by atoms with E-state index >= 15 is 0 Å². The lowest BCUT2D eigenvalue weighted by atomic mass is 10.1. The number of carbonyl (C=O) groups is 2. The lowest BCUT2D eigenvalue weighted by Crippen LogP contribution is -2.30. The van der Waals surface area contributed by atoms with Crippen molar-refractivity contribution in [3.63, 3.8) is 0 Å². The summed E-state index contributed by atoms with van der Waals surface area (Å²) in [6.45, 7) is 4.64.